The predicted octanol–water partition coefficient (Wildman–Crippen LogP) is 2.41. The van der Waals surface area contributed by atoms with Crippen molar-refractivity contribution in [3.05, 3.63) is 0 Å². The van der Waals surface area contributed by atoms with Gasteiger partial charge in [-0.05, 0) is 33.6 Å². The van der Waals surface area contributed by atoms with Gasteiger partial charge >= 0.3 is 24.9 Å². The van der Waals surface area contributed by atoms with Gasteiger partial charge in [-0.15, -0.1) is 0 Å². The van der Waals surface area contributed by atoms with Crippen molar-refractivity contribution in [1.82, 2.24) is 0 Å². The molecule has 0 radical (unpaired) electrons. The van der Waals surface area contributed by atoms with E-state index in [1.807, 2.05) is 0 Å². The molecular weight excluding hydrogens is 319 g/mol. The van der Waals surface area contributed by atoms with Crippen molar-refractivity contribution in [1.29, 1.82) is 0 Å². The second-order valence-electron chi connectivity index (χ2n) is 4.46. The van der Waals surface area contributed by atoms with Crippen molar-refractivity contribution in [3.8, 4) is 0 Å². The third-order valence-corrected chi connectivity index (χ3v) is 5.30. The van der Waals surface area contributed by atoms with Crippen molar-refractivity contribution in [2.75, 3.05) is 33.0 Å². The second-order valence-corrected chi connectivity index (χ2v) is 7.43. The number of rotatable bonds is 14. The van der Waals surface area contributed by atoms with Crippen LogP contribution in [-0.4, -0.2) is 62.8 Å². The molecule has 6 nitrogen and oxygen atoms in total. The van der Waals surface area contributed by atoms with Crippen molar-refractivity contribution in [2.24, 2.45) is 0 Å². The summed E-state index contributed by atoms with van der Waals surface area (Å²) in [7, 11) is -3.25. The molecule has 1 N–H and O–H groups in total. The van der Waals surface area contributed by atoms with E-state index in [2.05, 4.69) is 13.8 Å². The molecule has 0 saturated carbocycles. The maximum atomic E-state index is 9.48. The Kier molecular flexibility index (Phi) is 22.0. The molecule has 0 aliphatic carbocycles. The molecule has 0 bridgehead atoms. The zero-order valence-electron chi connectivity index (χ0n) is 15.1. The van der Waals surface area contributed by atoms with Crippen LogP contribution in [0.25, 0.3) is 0 Å². The van der Waals surface area contributed by atoms with Crippen LogP contribution < -0.4 is 0 Å². The molecule has 0 heterocycles. The SMILES string of the molecule is CCCC[O][AlH][O]CCCC.CCO[Si](O)(OCC)OCC. The Hall–Kier alpha value is 0.509. The summed E-state index contributed by atoms with van der Waals surface area (Å²) in [4.78, 5) is 9.48. The van der Waals surface area contributed by atoms with Crippen molar-refractivity contribution in [2.45, 2.75) is 60.3 Å². The average molecular weight is 354 g/mol. The zero-order valence-corrected chi connectivity index (χ0v) is 17.5. The molecule has 0 spiro atoms. The Morgan fingerprint density at radius 2 is 1.09 bits per heavy atom. The summed E-state index contributed by atoms with van der Waals surface area (Å²) in [5.74, 6) is 0. The Bertz CT molecular complexity index is 187. The number of unbranched alkanes of at least 4 members (excludes halogenated alkanes) is 2. The van der Waals surface area contributed by atoms with Crippen LogP contribution in [0.2, 0.25) is 0 Å². The molecule has 0 amide bonds. The van der Waals surface area contributed by atoms with E-state index >= 15 is 0 Å². The van der Waals surface area contributed by atoms with Crippen molar-refractivity contribution in [3.63, 3.8) is 0 Å². The fourth-order valence-corrected chi connectivity index (χ4v) is 3.45. The standard InChI is InChI=1S/C6H16O4Si.2C4H9O.Al.H/c1-4-8-11(7,9-5-2)10-6-3;2*1-2-3-4-5;;/h7H,4-6H2,1-3H3;2*2-4H2,1H3;;/q;2*-1;+2;. The summed E-state index contributed by atoms with van der Waals surface area (Å²) in [6.45, 7) is 12.7. The van der Waals surface area contributed by atoms with Crippen LogP contribution in [0.3, 0.4) is 0 Å². The van der Waals surface area contributed by atoms with Crippen molar-refractivity contribution < 1.29 is 25.7 Å². The highest BCUT2D eigenvalue weighted by molar-refractivity contribution is 6.51. The van der Waals surface area contributed by atoms with Crippen LogP contribution in [0.1, 0.15) is 60.3 Å². The molecule has 0 rings (SSSR count). The van der Waals surface area contributed by atoms with Crippen LogP contribution in [0.15, 0.2) is 0 Å². The zero-order chi connectivity index (χ0) is 17.1. The van der Waals surface area contributed by atoms with E-state index in [0.29, 0.717) is 19.8 Å². The van der Waals surface area contributed by atoms with Gasteiger partial charge in [-0.3, -0.25) is 0 Å². The Labute approximate surface area is 144 Å². The Morgan fingerprint density at radius 1 is 0.727 bits per heavy atom. The quantitative estimate of drug-likeness (QED) is 0.382. The van der Waals surface area contributed by atoms with Gasteiger partial charge < -0.3 is 25.7 Å². The minimum absolute atomic E-state index is 0.405. The van der Waals surface area contributed by atoms with E-state index in [-0.39, 0.29) is 0 Å². The summed E-state index contributed by atoms with van der Waals surface area (Å²) in [6, 6.07) is 0. The maximum Gasteiger partial charge on any atom is 0.676 e. The highest BCUT2D eigenvalue weighted by atomic mass is 28.4. The van der Waals surface area contributed by atoms with Crippen molar-refractivity contribution >= 4 is 24.9 Å². The first kappa shape index (κ1) is 24.8. The molecule has 8 heteroatoms. The smallest absolute Gasteiger partial charge is 0.481 e. The molecule has 0 aromatic heterocycles. The lowest BCUT2D eigenvalue weighted by Gasteiger charge is -2.20. The minimum Gasteiger partial charge on any atom is -0.481 e. The fourth-order valence-electron chi connectivity index (χ4n) is 1.34. The molecule has 0 saturated heterocycles. The lowest BCUT2D eigenvalue weighted by molar-refractivity contribution is 0.00146. The molecule has 0 aromatic rings. The van der Waals surface area contributed by atoms with E-state index in [1.54, 1.807) is 20.8 Å². The van der Waals surface area contributed by atoms with E-state index in [1.165, 1.54) is 25.7 Å². The highest BCUT2D eigenvalue weighted by Gasteiger charge is 2.39. The molecule has 0 atom stereocenters. The van der Waals surface area contributed by atoms with E-state index in [0.717, 1.165) is 13.2 Å². The van der Waals surface area contributed by atoms with Crippen LogP contribution in [0, 0.1) is 0 Å². The molecule has 0 unspecified atom stereocenters. The molecule has 134 valence electrons. The van der Waals surface area contributed by atoms with E-state index < -0.39 is 24.9 Å². The largest absolute Gasteiger partial charge is 0.676 e. The molecule has 0 fully saturated rings. The monoisotopic (exact) mass is 354 g/mol. The predicted molar refractivity (Wildman–Crippen MR) is 91.7 cm³/mol. The van der Waals surface area contributed by atoms with Gasteiger partial charge in [0.05, 0.1) is 0 Å². The Balaban J connectivity index is 0. The van der Waals surface area contributed by atoms with Gasteiger partial charge in [0, 0.05) is 33.0 Å². The maximum absolute atomic E-state index is 9.48. The molecular formula is C14H35AlO6Si. The van der Waals surface area contributed by atoms with Gasteiger partial charge in [0.15, 0.2) is 0 Å². The third kappa shape index (κ3) is 18.6. The number of hydrogen-bond acceptors (Lipinski definition) is 6. The molecule has 0 aliphatic heterocycles. The first-order valence-electron chi connectivity index (χ1n) is 8.39. The topological polar surface area (TPSA) is 66.4 Å². The van der Waals surface area contributed by atoms with E-state index in [4.69, 9.17) is 20.9 Å². The van der Waals surface area contributed by atoms with Crippen LogP contribution >= 0.6 is 0 Å². The first-order valence-corrected chi connectivity index (χ1v) is 11.2. The normalized spacial score (nSPS) is 11.0. The Morgan fingerprint density at radius 3 is 1.36 bits per heavy atom. The lowest BCUT2D eigenvalue weighted by atomic mass is 10.4. The van der Waals surface area contributed by atoms with Crippen LogP contribution in [-0.2, 0) is 20.9 Å². The summed E-state index contributed by atoms with van der Waals surface area (Å²) in [6.07, 6.45) is 4.76. The lowest BCUT2D eigenvalue weighted by Crippen LogP contribution is -2.46. The van der Waals surface area contributed by atoms with E-state index in [9.17, 15) is 4.80 Å². The van der Waals surface area contributed by atoms with Crippen LogP contribution in [0.5, 0.6) is 0 Å². The van der Waals surface area contributed by atoms with Gasteiger partial charge in [0.1, 0.15) is 0 Å². The highest BCUT2D eigenvalue weighted by Crippen LogP contribution is 2.04. The summed E-state index contributed by atoms with van der Waals surface area (Å²) >= 11 is -0.629. The third-order valence-electron chi connectivity index (χ3n) is 2.43. The van der Waals surface area contributed by atoms with Gasteiger partial charge in [0.2, 0.25) is 0 Å². The van der Waals surface area contributed by atoms with Gasteiger partial charge in [-0.25, -0.2) is 0 Å². The number of hydrogen-bond donors (Lipinski definition) is 1. The first-order chi connectivity index (χ1) is 10.6. The fraction of sp³-hybridized carbons (Fsp3) is 1.00. The molecule has 0 aromatic carbocycles. The average Bonchev–Trinajstić information content (AvgIpc) is 2.48. The second kappa shape index (κ2) is 19.6. The molecule has 0 aliphatic rings. The van der Waals surface area contributed by atoms with Gasteiger partial charge in [-0.2, -0.15) is 0 Å². The summed E-state index contributed by atoms with van der Waals surface area (Å²) < 4.78 is 25.6. The molecule has 22 heavy (non-hydrogen) atoms. The van der Waals surface area contributed by atoms with Gasteiger partial charge in [0.25, 0.3) is 0 Å². The van der Waals surface area contributed by atoms with Crippen LogP contribution in [0.4, 0.5) is 0 Å². The summed E-state index contributed by atoms with van der Waals surface area (Å²) in [5, 5.41) is 0. The summed E-state index contributed by atoms with van der Waals surface area (Å²) in [5.41, 5.74) is 0. The minimum atomic E-state index is -3.25. The van der Waals surface area contributed by atoms with Gasteiger partial charge in [-0.1, -0.05) is 26.7 Å².